The summed E-state index contributed by atoms with van der Waals surface area (Å²) in [5.41, 5.74) is 9.54. The molecule has 0 saturated carbocycles. The van der Waals surface area contributed by atoms with Crippen molar-refractivity contribution in [1.82, 2.24) is 14.7 Å². The molecule has 184 valence electrons. The number of nitrogens with zero attached hydrogens (tertiary/aromatic N) is 3. The molecule has 36 heavy (non-hydrogen) atoms. The van der Waals surface area contributed by atoms with Gasteiger partial charge in [0.05, 0.1) is 5.69 Å². The highest BCUT2D eigenvalue weighted by Gasteiger charge is 2.40. The minimum absolute atomic E-state index is 0.175. The number of hydrogen-bond acceptors (Lipinski definition) is 4. The second kappa shape index (κ2) is 9.83. The summed E-state index contributed by atoms with van der Waals surface area (Å²) in [4.78, 5) is 14.7. The first kappa shape index (κ1) is 24.1. The summed E-state index contributed by atoms with van der Waals surface area (Å²) in [7, 11) is 0. The van der Waals surface area contributed by atoms with Crippen molar-refractivity contribution in [2.45, 2.75) is 25.7 Å². The molecule has 1 saturated heterocycles. The van der Waals surface area contributed by atoms with Crippen molar-refractivity contribution in [2.24, 2.45) is 0 Å². The van der Waals surface area contributed by atoms with E-state index in [0.717, 1.165) is 10.2 Å². The Labute approximate surface area is 215 Å². The molecule has 9 heteroatoms. The van der Waals surface area contributed by atoms with Crippen molar-refractivity contribution in [1.29, 1.82) is 0 Å². The Morgan fingerprint density at radius 2 is 1.75 bits per heavy atom. The quantitative estimate of drug-likeness (QED) is 0.313. The lowest BCUT2D eigenvalue weighted by Crippen LogP contribution is -2.32. The molecule has 0 unspecified atom stereocenters. The molecule has 0 bridgehead atoms. The number of carbonyl (C=O) groups excluding carboxylic acids is 1. The van der Waals surface area contributed by atoms with Gasteiger partial charge in [0.15, 0.2) is 6.23 Å². The van der Waals surface area contributed by atoms with Gasteiger partial charge in [0, 0.05) is 34.0 Å². The SMILES string of the molecule is C[C@@H]1O[C@@H](c2cn(-c3ccc(Br)cc3)nc2-c2ccc(F)cc2)N(CCc2cc(N)cc(F)c2)C1=O. The van der Waals surface area contributed by atoms with Crippen LogP contribution in [-0.2, 0) is 16.0 Å². The van der Waals surface area contributed by atoms with E-state index in [1.165, 1.54) is 24.3 Å². The van der Waals surface area contributed by atoms with E-state index >= 15 is 0 Å². The Bertz CT molecular complexity index is 1390. The number of rotatable bonds is 6. The van der Waals surface area contributed by atoms with Gasteiger partial charge in [-0.05, 0) is 85.6 Å². The zero-order valence-corrected chi connectivity index (χ0v) is 21.0. The van der Waals surface area contributed by atoms with E-state index in [1.54, 1.807) is 34.7 Å². The minimum Gasteiger partial charge on any atom is -0.399 e. The first-order valence-corrected chi connectivity index (χ1v) is 12.2. The van der Waals surface area contributed by atoms with Gasteiger partial charge in [-0.1, -0.05) is 15.9 Å². The fourth-order valence-corrected chi connectivity index (χ4v) is 4.60. The summed E-state index contributed by atoms with van der Waals surface area (Å²) in [5, 5.41) is 4.78. The van der Waals surface area contributed by atoms with Gasteiger partial charge < -0.3 is 15.4 Å². The van der Waals surface area contributed by atoms with E-state index in [4.69, 9.17) is 15.6 Å². The third kappa shape index (κ3) is 4.89. The second-order valence-corrected chi connectivity index (χ2v) is 9.58. The van der Waals surface area contributed by atoms with E-state index in [9.17, 15) is 13.6 Å². The molecular formula is C27H23BrF2N4O2. The third-order valence-corrected chi connectivity index (χ3v) is 6.61. The van der Waals surface area contributed by atoms with Gasteiger partial charge in [0.1, 0.15) is 23.4 Å². The molecule has 3 aromatic carbocycles. The summed E-state index contributed by atoms with van der Waals surface area (Å²) in [6.07, 6.45) is 0.838. The topological polar surface area (TPSA) is 73.4 Å². The van der Waals surface area contributed by atoms with Crippen LogP contribution in [-0.4, -0.2) is 33.2 Å². The van der Waals surface area contributed by atoms with Crippen molar-refractivity contribution in [2.75, 3.05) is 12.3 Å². The van der Waals surface area contributed by atoms with Gasteiger partial charge in [0.2, 0.25) is 0 Å². The fourth-order valence-electron chi connectivity index (χ4n) is 4.34. The molecule has 1 aliphatic heterocycles. The maximum absolute atomic E-state index is 13.8. The van der Waals surface area contributed by atoms with Gasteiger partial charge >= 0.3 is 0 Å². The number of aromatic nitrogens is 2. The molecule has 0 aliphatic carbocycles. The molecule has 5 rings (SSSR count). The Kier molecular flexibility index (Phi) is 6.59. The fraction of sp³-hybridized carbons (Fsp3) is 0.185. The third-order valence-electron chi connectivity index (χ3n) is 6.09. The molecule has 6 nitrogen and oxygen atoms in total. The minimum atomic E-state index is -0.720. The van der Waals surface area contributed by atoms with Crippen molar-refractivity contribution in [3.8, 4) is 16.9 Å². The highest BCUT2D eigenvalue weighted by molar-refractivity contribution is 9.10. The normalized spacial score (nSPS) is 17.7. The standard InChI is InChI=1S/C27H23BrF2N4O2/c1-16-26(35)33(11-10-17-12-21(30)14-22(31)13-17)27(36-16)24-15-34(23-8-4-19(28)5-9-23)32-25(24)18-2-6-20(29)7-3-18/h2-9,12-16,27H,10-11,31H2,1H3/t16-,27-/m0/s1. The maximum atomic E-state index is 13.8. The number of amides is 1. The van der Waals surface area contributed by atoms with E-state index in [-0.39, 0.29) is 11.7 Å². The van der Waals surface area contributed by atoms with Crippen LogP contribution in [0.4, 0.5) is 14.5 Å². The van der Waals surface area contributed by atoms with Crippen LogP contribution < -0.4 is 5.73 Å². The molecule has 1 fully saturated rings. The number of ether oxygens (including phenoxy) is 1. The lowest BCUT2D eigenvalue weighted by Gasteiger charge is -2.23. The molecule has 2 N–H and O–H groups in total. The zero-order valence-electron chi connectivity index (χ0n) is 19.4. The molecule has 4 aromatic rings. The highest BCUT2D eigenvalue weighted by Crippen LogP contribution is 2.37. The molecule has 1 aliphatic rings. The summed E-state index contributed by atoms with van der Waals surface area (Å²) < 4.78 is 36.2. The zero-order chi connectivity index (χ0) is 25.4. The second-order valence-electron chi connectivity index (χ2n) is 8.67. The lowest BCUT2D eigenvalue weighted by atomic mass is 10.1. The van der Waals surface area contributed by atoms with Crippen molar-refractivity contribution < 1.29 is 18.3 Å². The first-order valence-electron chi connectivity index (χ1n) is 11.4. The van der Waals surface area contributed by atoms with Gasteiger partial charge in [-0.2, -0.15) is 5.10 Å². The van der Waals surface area contributed by atoms with E-state index in [2.05, 4.69) is 15.9 Å². The average Bonchev–Trinajstić information content (AvgIpc) is 3.39. The largest absolute Gasteiger partial charge is 0.399 e. The number of anilines is 1. The molecule has 2 atom stereocenters. The summed E-state index contributed by atoms with van der Waals surface area (Å²) in [5.74, 6) is -0.955. The van der Waals surface area contributed by atoms with Crippen LogP contribution in [0.5, 0.6) is 0 Å². The molecule has 1 amide bonds. The van der Waals surface area contributed by atoms with Gasteiger partial charge in [-0.3, -0.25) is 4.79 Å². The Hall–Kier alpha value is -3.56. The summed E-state index contributed by atoms with van der Waals surface area (Å²) in [6.45, 7) is 2.00. The smallest absolute Gasteiger partial charge is 0.253 e. The van der Waals surface area contributed by atoms with Crippen LogP contribution in [0.25, 0.3) is 16.9 Å². The maximum Gasteiger partial charge on any atom is 0.253 e. The Morgan fingerprint density at radius 1 is 1.03 bits per heavy atom. The molecule has 0 spiro atoms. The number of hydrogen-bond donors (Lipinski definition) is 1. The van der Waals surface area contributed by atoms with Crippen molar-refractivity contribution >= 4 is 27.5 Å². The van der Waals surface area contributed by atoms with Gasteiger partial charge in [-0.25, -0.2) is 13.5 Å². The van der Waals surface area contributed by atoms with Crippen LogP contribution in [0.2, 0.25) is 0 Å². The molecule has 0 radical (unpaired) electrons. The van der Waals surface area contributed by atoms with Crippen LogP contribution >= 0.6 is 15.9 Å². The lowest BCUT2D eigenvalue weighted by molar-refractivity contribution is -0.130. The van der Waals surface area contributed by atoms with Crippen molar-refractivity contribution in [3.63, 3.8) is 0 Å². The monoisotopic (exact) mass is 552 g/mol. The van der Waals surface area contributed by atoms with Crippen LogP contribution in [0, 0.1) is 11.6 Å². The number of halogens is 3. The van der Waals surface area contributed by atoms with Gasteiger partial charge in [-0.15, -0.1) is 0 Å². The van der Waals surface area contributed by atoms with Crippen LogP contribution in [0.1, 0.15) is 24.3 Å². The van der Waals surface area contributed by atoms with Crippen LogP contribution in [0.3, 0.4) is 0 Å². The Morgan fingerprint density at radius 3 is 2.44 bits per heavy atom. The summed E-state index contributed by atoms with van der Waals surface area (Å²) >= 11 is 3.44. The van der Waals surface area contributed by atoms with E-state index in [0.29, 0.717) is 41.0 Å². The Balaban J connectivity index is 1.53. The van der Waals surface area contributed by atoms with Crippen molar-refractivity contribution in [3.05, 3.63) is 100 Å². The average molecular weight is 553 g/mol. The highest BCUT2D eigenvalue weighted by atomic mass is 79.9. The first-order chi connectivity index (χ1) is 17.3. The van der Waals surface area contributed by atoms with E-state index in [1.807, 2.05) is 30.5 Å². The number of benzene rings is 3. The molecule has 1 aromatic heterocycles. The molecular weight excluding hydrogens is 530 g/mol. The predicted octanol–water partition coefficient (Wildman–Crippen LogP) is 5.65. The van der Waals surface area contributed by atoms with Gasteiger partial charge in [0.25, 0.3) is 5.91 Å². The molecule has 2 heterocycles. The number of nitrogens with two attached hydrogens (primary N) is 1. The van der Waals surface area contributed by atoms with E-state index < -0.39 is 18.1 Å². The predicted molar refractivity (Wildman–Crippen MR) is 136 cm³/mol. The van der Waals surface area contributed by atoms with Crippen LogP contribution in [0.15, 0.2) is 77.4 Å². The number of carbonyl (C=O) groups is 1. The number of nitrogen functional groups attached to an aromatic ring is 1. The summed E-state index contributed by atoms with van der Waals surface area (Å²) in [6, 6.07) is 18.0.